The number of phenols is 1. The smallest absolute Gasteiger partial charge is 0.120 e. The van der Waals surface area contributed by atoms with Crippen LogP contribution in [0.5, 0.6) is 5.75 Å². The van der Waals surface area contributed by atoms with E-state index in [1.54, 1.807) is 6.07 Å². The molecule has 3 nitrogen and oxygen atoms in total. The first-order valence-corrected chi connectivity index (χ1v) is 6.19. The maximum atomic E-state index is 9.74. The van der Waals surface area contributed by atoms with Crippen LogP contribution in [0.4, 0.5) is 0 Å². The summed E-state index contributed by atoms with van der Waals surface area (Å²) in [5.74, 6) is 0.291. The summed E-state index contributed by atoms with van der Waals surface area (Å²) in [6.07, 6.45) is 0.707. The monoisotopic (exact) mass is 287 g/mol. The number of aliphatic hydroxyl groups excluding tert-OH is 1. The number of nitrogens with one attached hydrogen (secondary N) is 1. The maximum absolute atomic E-state index is 9.74. The van der Waals surface area contributed by atoms with Crippen LogP contribution in [0.2, 0.25) is 0 Å². The third-order valence-corrected chi connectivity index (χ3v) is 3.05. The number of rotatable bonds is 5. The highest BCUT2D eigenvalue weighted by Gasteiger charge is 2.12. The highest BCUT2D eigenvalue weighted by Crippen LogP contribution is 2.27. The summed E-state index contributed by atoms with van der Waals surface area (Å²) in [5.41, 5.74) is 0.860. The van der Waals surface area contributed by atoms with Gasteiger partial charge in [0, 0.05) is 28.7 Å². The van der Waals surface area contributed by atoms with Crippen molar-refractivity contribution in [2.24, 2.45) is 0 Å². The molecule has 16 heavy (non-hydrogen) atoms. The predicted molar refractivity (Wildman–Crippen MR) is 68.5 cm³/mol. The van der Waals surface area contributed by atoms with Gasteiger partial charge in [-0.25, -0.2) is 0 Å². The number of aromatic hydroxyl groups is 1. The molecule has 0 radical (unpaired) electrons. The van der Waals surface area contributed by atoms with Gasteiger partial charge in [0.05, 0.1) is 0 Å². The molecule has 0 heterocycles. The van der Waals surface area contributed by atoms with Crippen molar-refractivity contribution in [2.75, 3.05) is 6.61 Å². The van der Waals surface area contributed by atoms with E-state index in [9.17, 15) is 5.11 Å². The lowest BCUT2D eigenvalue weighted by Gasteiger charge is -2.20. The molecule has 0 bridgehead atoms. The van der Waals surface area contributed by atoms with Crippen molar-refractivity contribution in [3.63, 3.8) is 0 Å². The summed E-state index contributed by atoms with van der Waals surface area (Å²) in [6, 6.07) is 5.66. The van der Waals surface area contributed by atoms with Gasteiger partial charge in [0.2, 0.25) is 0 Å². The number of hydrogen-bond donors (Lipinski definition) is 3. The van der Waals surface area contributed by atoms with Gasteiger partial charge in [-0.05, 0) is 38.5 Å². The summed E-state index contributed by atoms with van der Waals surface area (Å²) in [4.78, 5) is 0. The van der Waals surface area contributed by atoms with Gasteiger partial charge < -0.3 is 15.5 Å². The Hall–Kier alpha value is -0.580. The molecule has 0 amide bonds. The van der Waals surface area contributed by atoms with Crippen LogP contribution in [-0.4, -0.2) is 22.9 Å². The third kappa shape index (κ3) is 3.77. The van der Waals surface area contributed by atoms with Crippen molar-refractivity contribution in [1.29, 1.82) is 0 Å². The summed E-state index contributed by atoms with van der Waals surface area (Å²) < 4.78 is 0.948. The second kappa shape index (κ2) is 6.23. The standard InChI is InChI=1S/C12H18BrNO2/c1-8(5-6-15)14-9(2)11-7-10(13)3-4-12(11)16/h3-4,7-9,14-16H,5-6H2,1-2H3. The normalized spacial score (nSPS) is 14.8. The third-order valence-electron chi connectivity index (χ3n) is 2.55. The SMILES string of the molecule is CC(CCO)NC(C)c1cc(Br)ccc1O. The van der Waals surface area contributed by atoms with Crippen LogP contribution in [-0.2, 0) is 0 Å². The van der Waals surface area contributed by atoms with Crippen LogP contribution in [0, 0.1) is 0 Å². The van der Waals surface area contributed by atoms with Crippen molar-refractivity contribution in [2.45, 2.75) is 32.4 Å². The van der Waals surface area contributed by atoms with E-state index in [2.05, 4.69) is 21.2 Å². The zero-order valence-corrected chi connectivity index (χ0v) is 11.2. The van der Waals surface area contributed by atoms with Crippen molar-refractivity contribution in [1.82, 2.24) is 5.32 Å². The molecule has 1 rings (SSSR count). The highest BCUT2D eigenvalue weighted by molar-refractivity contribution is 9.10. The molecule has 0 spiro atoms. The van der Waals surface area contributed by atoms with Crippen molar-refractivity contribution < 1.29 is 10.2 Å². The molecule has 3 N–H and O–H groups in total. The lowest BCUT2D eigenvalue weighted by molar-refractivity contribution is 0.264. The largest absolute Gasteiger partial charge is 0.508 e. The van der Waals surface area contributed by atoms with Gasteiger partial charge in [-0.3, -0.25) is 0 Å². The van der Waals surface area contributed by atoms with Crippen LogP contribution in [0.25, 0.3) is 0 Å². The topological polar surface area (TPSA) is 52.5 Å². The Bertz CT molecular complexity index is 344. The fraction of sp³-hybridized carbons (Fsp3) is 0.500. The predicted octanol–water partition coefficient (Wildman–Crippen LogP) is 2.58. The highest BCUT2D eigenvalue weighted by atomic mass is 79.9. The molecule has 0 aliphatic heterocycles. The molecule has 2 unspecified atom stereocenters. The van der Waals surface area contributed by atoms with E-state index < -0.39 is 0 Å². The number of benzene rings is 1. The lowest BCUT2D eigenvalue weighted by atomic mass is 10.1. The second-order valence-corrected chi connectivity index (χ2v) is 4.92. The average Bonchev–Trinajstić information content (AvgIpc) is 2.21. The van der Waals surface area contributed by atoms with Crippen molar-refractivity contribution in [3.05, 3.63) is 28.2 Å². The van der Waals surface area contributed by atoms with E-state index in [1.165, 1.54) is 0 Å². The van der Waals surface area contributed by atoms with Gasteiger partial charge in [-0.1, -0.05) is 15.9 Å². The zero-order chi connectivity index (χ0) is 12.1. The van der Waals surface area contributed by atoms with Gasteiger partial charge >= 0.3 is 0 Å². The molecule has 0 aromatic heterocycles. The van der Waals surface area contributed by atoms with Gasteiger partial charge in [0.15, 0.2) is 0 Å². The minimum absolute atomic E-state index is 0.0547. The van der Waals surface area contributed by atoms with E-state index in [1.807, 2.05) is 26.0 Å². The van der Waals surface area contributed by atoms with E-state index in [-0.39, 0.29) is 18.7 Å². The molecule has 1 aromatic carbocycles. The summed E-state index contributed by atoms with van der Waals surface area (Å²) >= 11 is 3.38. The van der Waals surface area contributed by atoms with Crippen LogP contribution in [0.3, 0.4) is 0 Å². The molecular weight excluding hydrogens is 270 g/mol. The molecule has 0 aliphatic rings. The van der Waals surface area contributed by atoms with E-state index >= 15 is 0 Å². The number of phenolic OH excluding ortho intramolecular Hbond substituents is 1. The van der Waals surface area contributed by atoms with Gasteiger partial charge in [0.1, 0.15) is 5.75 Å². The average molecular weight is 288 g/mol. The van der Waals surface area contributed by atoms with Crippen LogP contribution in [0.1, 0.15) is 31.9 Å². The quantitative estimate of drug-likeness (QED) is 0.780. The minimum atomic E-state index is 0.0547. The van der Waals surface area contributed by atoms with Crippen LogP contribution < -0.4 is 5.32 Å². The Balaban J connectivity index is 2.72. The zero-order valence-electron chi connectivity index (χ0n) is 9.57. The van der Waals surface area contributed by atoms with Crippen molar-refractivity contribution >= 4 is 15.9 Å². The first-order valence-electron chi connectivity index (χ1n) is 5.40. The summed E-state index contributed by atoms with van der Waals surface area (Å²) in [7, 11) is 0. The number of hydrogen-bond acceptors (Lipinski definition) is 3. The molecule has 4 heteroatoms. The molecule has 0 aliphatic carbocycles. The maximum Gasteiger partial charge on any atom is 0.120 e. The van der Waals surface area contributed by atoms with Gasteiger partial charge in [0.25, 0.3) is 0 Å². The van der Waals surface area contributed by atoms with Gasteiger partial charge in [-0.15, -0.1) is 0 Å². The fourth-order valence-electron chi connectivity index (χ4n) is 1.67. The second-order valence-electron chi connectivity index (χ2n) is 4.00. The molecule has 1 aromatic rings. The Morgan fingerprint density at radius 1 is 1.38 bits per heavy atom. The lowest BCUT2D eigenvalue weighted by Crippen LogP contribution is -2.29. The van der Waals surface area contributed by atoms with E-state index in [0.717, 1.165) is 10.0 Å². The van der Waals surface area contributed by atoms with Crippen LogP contribution >= 0.6 is 15.9 Å². The van der Waals surface area contributed by atoms with Crippen LogP contribution in [0.15, 0.2) is 22.7 Å². The molecule has 0 saturated heterocycles. The van der Waals surface area contributed by atoms with Crippen molar-refractivity contribution in [3.8, 4) is 5.75 Å². The number of halogens is 1. The first kappa shape index (κ1) is 13.5. The molecule has 0 fully saturated rings. The fourth-order valence-corrected chi connectivity index (χ4v) is 2.04. The Kier molecular flexibility index (Phi) is 5.25. The van der Waals surface area contributed by atoms with Gasteiger partial charge in [-0.2, -0.15) is 0 Å². The Morgan fingerprint density at radius 2 is 2.06 bits per heavy atom. The molecule has 90 valence electrons. The minimum Gasteiger partial charge on any atom is -0.508 e. The van der Waals surface area contributed by atoms with E-state index in [4.69, 9.17) is 5.11 Å². The Labute approximate surface area is 105 Å². The number of aliphatic hydroxyl groups is 1. The molecular formula is C12H18BrNO2. The molecule has 2 atom stereocenters. The van der Waals surface area contributed by atoms with E-state index in [0.29, 0.717) is 12.2 Å². The summed E-state index contributed by atoms with van der Waals surface area (Å²) in [6.45, 7) is 4.18. The molecule has 0 saturated carbocycles. The Morgan fingerprint density at radius 3 is 2.69 bits per heavy atom. The first-order chi connectivity index (χ1) is 7.54. The summed E-state index contributed by atoms with van der Waals surface area (Å²) in [5, 5.41) is 21.9.